The molecule has 0 aliphatic carbocycles. The van der Waals surface area contributed by atoms with Gasteiger partial charge in [-0.3, -0.25) is 14.5 Å². The van der Waals surface area contributed by atoms with Crippen molar-refractivity contribution in [2.45, 2.75) is 76.7 Å². The summed E-state index contributed by atoms with van der Waals surface area (Å²) in [4.78, 5) is 60.6. The van der Waals surface area contributed by atoms with Gasteiger partial charge in [0, 0.05) is 25.9 Å². The summed E-state index contributed by atoms with van der Waals surface area (Å²) in [5.41, 5.74) is 3.83. The molecule has 3 aliphatic rings. The van der Waals surface area contributed by atoms with E-state index in [4.69, 9.17) is 9.47 Å². The van der Waals surface area contributed by atoms with Crippen molar-refractivity contribution in [1.82, 2.24) is 9.80 Å². The third-order valence-electron chi connectivity index (χ3n) is 9.18. The molecule has 0 aromatic heterocycles. The van der Waals surface area contributed by atoms with Crippen LogP contribution in [0, 0.1) is 5.92 Å². The third kappa shape index (κ3) is 6.23. The van der Waals surface area contributed by atoms with Crippen LogP contribution in [0.25, 0.3) is 0 Å². The lowest BCUT2D eigenvalue weighted by atomic mass is 9.92. The maximum atomic E-state index is 14.7. The van der Waals surface area contributed by atoms with Crippen molar-refractivity contribution in [3.63, 3.8) is 0 Å². The first-order chi connectivity index (χ1) is 22.0. The van der Waals surface area contributed by atoms with Gasteiger partial charge in [0.05, 0.1) is 12.8 Å². The lowest BCUT2D eigenvalue weighted by molar-refractivity contribution is -0.157. The highest BCUT2D eigenvalue weighted by atomic mass is 16.6. The maximum Gasteiger partial charge on any atom is 0.415 e. The monoisotopic (exact) mass is 623 g/mol. The molecular weight excluding hydrogens is 582 g/mol. The number of para-hydroxylation sites is 1. The van der Waals surface area contributed by atoms with Crippen LogP contribution in [0.1, 0.15) is 49.4 Å². The first kappa shape index (κ1) is 31.3. The zero-order valence-electron chi connectivity index (χ0n) is 26.8. The van der Waals surface area contributed by atoms with Crippen LogP contribution < -0.4 is 4.90 Å². The molecule has 0 unspecified atom stereocenters. The molecule has 6 rings (SSSR count). The molecule has 0 spiro atoms. The Morgan fingerprint density at radius 1 is 0.739 bits per heavy atom. The SMILES string of the molecule is COC(=O)[C@H]1Cc2ccccc2CN1C(=O)[C@H]1C[C@H](Cc2ccccc2)CN1C(=O)[C@H]1Cc2ccccc2N1C(=O)OC(C)(C)C. The minimum Gasteiger partial charge on any atom is -0.467 e. The molecule has 3 aliphatic heterocycles. The van der Waals surface area contributed by atoms with Crippen molar-refractivity contribution in [3.05, 3.63) is 101 Å². The predicted octanol–water partition coefficient (Wildman–Crippen LogP) is 4.94. The minimum atomic E-state index is -0.864. The molecule has 9 nitrogen and oxygen atoms in total. The molecule has 240 valence electrons. The van der Waals surface area contributed by atoms with Gasteiger partial charge in [-0.25, -0.2) is 9.59 Å². The standard InChI is InChI=1S/C37H41N3O6/c1-37(2,3)46-36(44)40-29-17-11-10-15-27(29)21-31(40)34(42)38-22-25(18-24-12-6-5-7-13-24)19-30(38)33(41)39-23-28-16-9-8-14-26(28)20-32(39)35(43)45-4/h5-17,25,30-32H,18-23H2,1-4H3/t25-,30+,31+,32+/m0/s1. The fourth-order valence-corrected chi connectivity index (χ4v) is 7.10. The molecule has 1 fully saturated rings. The Labute approximate surface area is 270 Å². The van der Waals surface area contributed by atoms with Gasteiger partial charge in [0.1, 0.15) is 23.7 Å². The Hall–Kier alpha value is -4.66. The van der Waals surface area contributed by atoms with Crippen LogP contribution in [-0.2, 0) is 49.7 Å². The number of esters is 1. The molecule has 0 N–H and O–H groups in total. The first-order valence-electron chi connectivity index (χ1n) is 15.9. The molecule has 1 saturated heterocycles. The van der Waals surface area contributed by atoms with Crippen LogP contribution in [0.2, 0.25) is 0 Å². The third-order valence-corrected chi connectivity index (χ3v) is 9.18. The van der Waals surface area contributed by atoms with Crippen LogP contribution in [0.5, 0.6) is 0 Å². The fraction of sp³-hybridized carbons (Fsp3) is 0.405. The Morgan fingerprint density at radius 3 is 2.04 bits per heavy atom. The normalized spacial score (nSPS) is 22.2. The number of benzene rings is 3. The van der Waals surface area contributed by atoms with Crippen molar-refractivity contribution in [3.8, 4) is 0 Å². The van der Waals surface area contributed by atoms with Gasteiger partial charge in [0.25, 0.3) is 0 Å². The summed E-state index contributed by atoms with van der Waals surface area (Å²) < 4.78 is 10.9. The average Bonchev–Trinajstić information content (AvgIpc) is 3.65. The smallest absolute Gasteiger partial charge is 0.415 e. The maximum absolute atomic E-state index is 14.7. The molecule has 3 aromatic rings. The average molecular weight is 624 g/mol. The van der Waals surface area contributed by atoms with E-state index in [1.165, 1.54) is 12.0 Å². The second-order valence-electron chi connectivity index (χ2n) is 13.5. The molecule has 3 heterocycles. The minimum absolute atomic E-state index is 0.00714. The van der Waals surface area contributed by atoms with Crippen molar-refractivity contribution < 1.29 is 28.7 Å². The quantitative estimate of drug-likeness (QED) is 0.374. The van der Waals surface area contributed by atoms with Crippen molar-refractivity contribution in [1.29, 1.82) is 0 Å². The van der Waals surface area contributed by atoms with Gasteiger partial charge in [0.2, 0.25) is 11.8 Å². The van der Waals surface area contributed by atoms with E-state index in [0.29, 0.717) is 37.9 Å². The van der Waals surface area contributed by atoms with E-state index in [1.54, 1.807) is 30.6 Å². The lowest BCUT2D eigenvalue weighted by Crippen LogP contribution is -2.58. The number of carbonyl (C=O) groups is 4. The number of methoxy groups -OCH3 is 1. The second kappa shape index (κ2) is 12.6. The highest BCUT2D eigenvalue weighted by Gasteiger charge is 2.49. The van der Waals surface area contributed by atoms with Gasteiger partial charge in [-0.1, -0.05) is 72.8 Å². The van der Waals surface area contributed by atoms with Crippen LogP contribution in [0.15, 0.2) is 78.9 Å². The topological polar surface area (TPSA) is 96.5 Å². The van der Waals surface area contributed by atoms with E-state index in [0.717, 1.165) is 22.3 Å². The van der Waals surface area contributed by atoms with Crippen molar-refractivity contribution in [2.75, 3.05) is 18.6 Å². The molecule has 46 heavy (non-hydrogen) atoms. The largest absolute Gasteiger partial charge is 0.467 e. The zero-order valence-corrected chi connectivity index (χ0v) is 26.8. The number of carbonyl (C=O) groups excluding carboxylic acids is 4. The number of fused-ring (bicyclic) bond motifs is 2. The van der Waals surface area contributed by atoms with E-state index in [9.17, 15) is 19.2 Å². The molecular formula is C37H41N3O6. The highest BCUT2D eigenvalue weighted by Crippen LogP contribution is 2.37. The van der Waals surface area contributed by atoms with Gasteiger partial charge in [-0.05, 0) is 67.9 Å². The first-order valence-corrected chi connectivity index (χ1v) is 15.9. The number of ether oxygens (including phenoxy) is 2. The summed E-state index contributed by atoms with van der Waals surface area (Å²) in [7, 11) is 1.33. The number of hydrogen-bond donors (Lipinski definition) is 0. The molecule has 3 aromatic carbocycles. The summed E-state index contributed by atoms with van der Waals surface area (Å²) in [6.45, 7) is 5.98. The molecule has 0 bridgehead atoms. The molecule has 0 radical (unpaired) electrons. The predicted molar refractivity (Wildman–Crippen MR) is 173 cm³/mol. The molecule has 9 heteroatoms. The van der Waals surface area contributed by atoms with Gasteiger partial charge >= 0.3 is 12.1 Å². The van der Waals surface area contributed by atoms with Crippen LogP contribution in [0.4, 0.5) is 10.5 Å². The second-order valence-corrected chi connectivity index (χ2v) is 13.5. The Bertz CT molecular complexity index is 1630. The number of likely N-dealkylation sites (tertiary alicyclic amines) is 1. The van der Waals surface area contributed by atoms with Crippen molar-refractivity contribution in [2.24, 2.45) is 5.92 Å². The van der Waals surface area contributed by atoms with Crippen LogP contribution in [0.3, 0.4) is 0 Å². The van der Waals surface area contributed by atoms with E-state index in [1.807, 2.05) is 78.9 Å². The highest BCUT2D eigenvalue weighted by molar-refractivity contribution is 6.02. The van der Waals surface area contributed by atoms with Gasteiger partial charge in [0.15, 0.2) is 0 Å². The lowest BCUT2D eigenvalue weighted by Gasteiger charge is -2.39. The summed E-state index contributed by atoms with van der Waals surface area (Å²) in [6, 6.07) is 22.8. The van der Waals surface area contributed by atoms with E-state index in [2.05, 4.69) is 0 Å². The van der Waals surface area contributed by atoms with E-state index >= 15 is 0 Å². The Morgan fingerprint density at radius 2 is 1.35 bits per heavy atom. The van der Waals surface area contributed by atoms with Gasteiger partial charge in [-0.2, -0.15) is 0 Å². The number of amides is 3. The van der Waals surface area contributed by atoms with Crippen LogP contribution in [-0.4, -0.2) is 71.1 Å². The molecule has 0 saturated carbocycles. The number of rotatable bonds is 5. The number of anilines is 1. The summed E-state index contributed by atoms with van der Waals surface area (Å²) in [6.07, 6.45) is 1.19. The van der Waals surface area contributed by atoms with E-state index in [-0.39, 0.29) is 24.3 Å². The van der Waals surface area contributed by atoms with E-state index < -0.39 is 35.8 Å². The zero-order chi connectivity index (χ0) is 32.6. The van der Waals surface area contributed by atoms with Gasteiger partial charge in [-0.15, -0.1) is 0 Å². The molecule has 3 amide bonds. The number of hydrogen-bond acceptors (Lipinski definition) is 6. The number of nitrogens with zero attached hydrogens (tertiary/aromatic N) is 3. The summed E-state index contributed by atoms with van der Waals surface area (Å²) in [5, 5.41) is 0. The van der Waals surface area contributed by atoms with Gasteiger partial charge < -0.3 is 19.3 Å². The summed E-state index contributed by atoms with van der Waals surface area (Å²) >= 11 is 0. The fourth-order valence-electron chi connectivity index (χ4n) is 7.10. The Kier molecular flexibility index (Phi) is 8.59. The summed E-state index contributed by atoms with van der Waals surface area (Å²) in [5.74, 6) is -1.06. The van der Waals surface area contributed by atoms with Crippen molar-refractivity contribution >= 4 is 29.6 Å². The Balaban J connectivity index is 1.34. The molecule has 4 atom stereocenters. The van der Waals surface area contributed by atoms with Crippen LogP contribution >= 0.6 is 0 Å².